The molecule has 10 heteroatoms. The fraction of sp³-hybridized carbons (Fsp3) is 0.286. The maximum absolute atomic E-state index is 10.8. The minimum atomic E-state index is -0.426. The van der Waals surface area contributed by atoms with Gasteiger partial charge in [-0.1, -0.05) is 29.8 Å². The monoisotopic (exact) mass is 418 g/mol. The van der Waals surface area contributed by atoms with Gasteiger partial charge in [0.25, 0.3) is 5.69 Å². The molecule has 0 aliphatic rings. The summed E-state index contributed by atoms with van der Waals surface area (Å²) < 4.78 is 3.52. The van der Waals surface area contributed by atoms with E-state index in [1.54, 1.807) is 23.0 Å². The second-order valence-corrected chi connectivity index (χ2v) is 7.27. The molecule has 0 spiro atoms. The van der Waals surface area contributed by atoms with E-state index in [1.165, 1.54) is 12.1 Å². The Morgan fingerprint density at radius 1 is 0.935 bits per heavy atom. The maximum Gasteiger partial charge on any atom is 0.269 e. The lowest BCUT2D eigenvalue weighted by Gasteiger charge is -2.03. The van der Waals surface area contributed by atoms with Gasteiger partial charge in [0, 0.05) is 30.1 Å². The Kier molecular flexibility index (Phi) is 6.06. The van der Waals surface area contributed by atoms with Crippen molar-refractivity contribution in [1.82, 2.24) is 35.0 Å². The number of aryl methyl sites for hydroxylation is 1. The zero-order valence-electron chi connectivity index (χ0n) is 17.1. The molecule has 158 valence electrons. The predicted molar refractivity (Wildman–Crippen MR) is 113 cm³/mol. The van der Waals surface area contributed by atoms with Gasteiger partial charge in [0.1, 0.15) is 5.69 Å². The van der Waals surface area contributed by atoms with E-state index in [0.29, 0.717) is 18.8 Å². The standard InChI is InChI=1S/C21H22N8O2/c1-2-3-4-19-14-27(25-23-19)12-16-5-8-18(22-11-16)13-28-15-21(24-26-28)17-6-9-20(10-7-17)29(30)31/h5-11,14-15H,2-4,12-13H2,1H3. The summed E-state index contributed by atoms with van der Waals surface area (Å²) >= 11 is 0. The van der Waals surface area contributed by atoms with Crippen LogP contribution in [-0.2, 0) is 19.5 Å². The predicted octanol–water partition coefficient (Wildman–Crippen LogP) is 3.28. The molecule has 31 heavy (non-hydrogen) atoms. The van der Waals surface area contributed by atoms with E-state index < -0.39 is 4.92 Å². The molecule has 0 unspecified atom stereocenters. The molecule has 4 aromatic rings. The third kappa shape index (κ3) is 5.16. The SMILES string of the molecule is CCCCc1cn(Cc2ccc(Cn3cc(-c4ccc([N+](=O)[O-])cc4)nn3)nc2)nn1. The third-order valence-corrected chi connectivity index (χ3v) is 4.84. The van der Waals surface area contributed by atoms with Crippen LogP contribution in [0.15, 0.2) is 55.0 Å². The molecular weight excluding hydrogens is 396 g/mol. The second-order valence-electron chi connectivity index (χ2n) is 7.27. The highest BCUT2D eigenvalue weighted by Gasteiger charge is 2.09. The summed E-state index contributed by atoms with van der Waals surface area (Å²) in [6.07, 6.45) is 8.82. The zero-order chi connectivity index (χ0) is 21.6. The third-order valence-electron chi connectivity index (χ3n) is 4.84. The van der Waals surface area contributed by atoms with Crippen LogP contribution in [0.4, 0.5) is 5.69 Å². The first-order chi connectivity index (χ1) is 15.1. The Bertz CT molecular complexity index is 1150. The van der Waals surface area contributed by atoms with Crippen LogP contribution >= 0.6 is 0 Å². The number of nitrogens with zero attached hydrogens (tertiary/aromatic N) is 8. The Morgan fingerprint density at radius 2 is 1.71 bits per heavy atom. The summed E-state index contributed by atoms with van der Waals surface area (Å²) in [5.41, 5.74) is 4.37. The Morgan fingerprint density at radius 3 is 2.42 bits per heavy atom. The highest BCUT2D eigenvalue weighted by atomic mass is 16.6. The summed E-state index contributed by atoms with van der Waals surface area (Å²) in [5, 5.41) is 27.4. The van der Waals surface area contributed by atoms with Crippen molar-refractivity contribution in [1.29, 1.82) is 0 Å². The highest BCUT2D eigenvalue weighted by Crippen LogP contribution is 2.20. The first-order valence-electron chi connectivity index (χ1n) is 10.1. The summed E-state index contributed by atoms with van der Waals surface area (Å²) in [6.45, 7) is 3.26. The van der Waals surface area contributed by atoms with Gasteiger partial charge in [0.15, 0.2) is 0 Å². The van der Waals surface area contributed by atoms with Gasteiger partial charge in [-0.3, -0.25) is 15.1 Å². The molecular formula is C21H22N8O2. The number of nitro benzene ring substituents is 1. The van der Waals surface area contributed by atoms with Gasteiger partial charge < -0.3 is 0 Å². The van der Waals surface area contributed by atoms with Crippen molar-refractivity contribution in [3.63, 3.8) is 0 Å². The number of benzene rings is 1. The van der Waals surface area contributed by atoms with E-state index >= 15 is 0 Å². The van der Waals surface area contributed by atoms with Gasteiger partial charge in [-0.25, -0.2) is 9.36 Å². The van der Waals surface area contributed by atoms with Crippen LogP contribution in [0.5, 0.6) is 0 Å². The van der Waals surface area contributed by atoms with E-state index in [2.05, 4.69) is 32.5 Å². The van der Waals surface area contributed by atoms with Crippen LogP contribution in [0.2, 0.25) is 0 Å². The molecule has 1 aromatic carbocycles. The van der Waals surface area contributed by atoms with Crippen molar-refractivity contribution in [3.8, 4) is 11.3 Å². The topological polar surface area (TPSA) is 117 Å². The first-order valence-corrected chi connectivity index (χ1v) is 10.1. The van der Waals surface area contributed by atoms with Gasteiger partial charge in [-0.05, 0) is 36.6 Å². The van der Waals surface area contributed by atoms with Gasteiger partial charge >= 0.3 is 0 Å². The van der Waals surface area contributed by atoms with E-state index in [0.717, 1.165) is 41.8 Å². The van der Waals surface area contributed by atoms with Crippen molar-refractivity contribution in [3.05, 3.63) is 82.1 Å². The number of pyridine rings is 1. The smallest absolute Gasteiger partial charge is 0.259 e. The van der Waals surface area contributed by atoms with Crippen LogP contribution in [0.1, 0.15) is 36.7 Å². The largest absolute Gasteiger partial charge is 0.269 e. The van der Waals surface area contributed by atoms with Crippen molar-refractivity contribution < 1.29 is 4.92 Å². The van der Waals surface area contributed by atoms with Crippen molar-refractivity contribution in [2.75, 3.05) is 0 Å². The van der Waals surface area contributed by atoms with Crippen LogP contribution in [-0.4, -0.2) is 39.9 Å². The summed E-state index contributed by atoms with van der Waals surface area (Å²) in [5.74, 6) is 0. The van der Waals surface area contributed by atoms with E-state index in [-0.39, 0.29) is 5.69 Å². The molecule has 0 atom stereocenters. The number of hydrogen-bond acceptors (Lipinski definition) is 7. The molecule has 0 N–H and O–H groups in total. The molecule has 3 aromatic heterocycles. The molecule has 0 aliphatic carbocycles. The molecule has 0 saturated heterocycles. The highest BCUT2D eigenvalue weighted by molar-refractivity contribution is 5.59. The summed E-state index contributed by atoms with van der Waals surface area (Å²) in [4.78, 5) is 14.9. The molecule has 10 nitrogen and oxygen atoms in total. The minimum absolute atomic E-state index is 0.0449. The van der Waals surface area contributed by atoms with Crippen LogP contribution in [0, 0.1) is 10.1 Å². The average molecular weight is 418 g/mol. The lowest BCUT2D eigenvalue weighted by atomic mass is 10.1. The van der Waals surface area contributed by atoms with Crippen molar-refractivity contribution in [2.45, 2.75) is 39.3 Å². The van der Waals surface area contributed by atoms with Gasteiger partial charge in [-0.2, -0.15) is 0 Å². The summed E-state index contributed by atoms with van der Waals surface area (Å²) in [6, 6.07) is 10.2. The van der Waals surface area contributed by atoms with E-state index in [1.807, 2.05) is 29.2 Å². The van der Waals surface area contributed by atoms with Gasteiger partial charge in [0.05, 0.1) is 35.6 Å². The summed E-state index contributed by atoms with van der Waals surface area (Å²) in [7, 11) is 0. The van der Waals surface area contributed by atoms with Gasteiger partial charge in [0.2, 0.25) is 0 Å². The lowest BCUT2D eigenvalue weighted by Crippen LogP contribution is -2.05. The van der Waals surface area contributed by atoms with Crippen molar-refractivity contribution in [2.24, 2.45) is 0 Å². The fourth-order valence-corrected chi connectivity index (χ4v) is 3.15. The van der Waals surface area contributed by atoms with Crippen LogP contribution < -0.4 is 0 Å². The minimum Gasteiger partial charge on any atom is -0.259 e. The molecule has 0 bridgehead atoms. The van der Waals surface area contributed by atoms with Crippen LogP contribution in [0.25, 0.3) is 11.3 Å². The lowest BCUT2D eigenvalue weighted by molar-refractivity contribution is -0.384. The Labute approximate surface area is 178 Å². The van der Waals surface area contributed by atoms with Gasteiger partial charge in [-0.15, -0.1) is 10.2 Å². The number of rotatable bonds is 9. The van der Waals surface area contributed by atoms with E-state index in [9.17, 15) is 10.1 Å². The van der Waals surface area contributed by atoms with Crippen LogP contribution in [0.3, 0.4) is 0 Å². The quantitative estimate of drug-likeness (QED) is 0.302. The number of non-ortho nitro benzene ring substituents is 1. The van der Waals surface area contributed by atoms with E-state index in [4.69, 9.17) is 0 Å². The molecule has 3 heterocycles. The first kappa shape index (κ1) is 20.3. The normalized spacial score (nSPS) is 11.0. The molecule has 0 saturated carbocycles. The molecule has 0 radical (unpaired) electrons. The zero-order valence-corrected chi connectivity index (χ0v) is 17.1. The molecule has 0 amide bonds. The maximum atomic E-state index is 10.8. The number of hydrogen-bond donors (Lipinski definition) is 0. The average Bonchev–Trinajstić information content (AvgIpc) is 3.43. The number of unbranched alkanes of at least 4 members (excludes halogenated alkanes) is 1. The number of aromatic nitrogens is 7. The Hall–Kier alpha value is -3.95. The molecule has 0 aliphatic heterocycles. The Balaban J connectivity index is 1.37. The molecule has 4 rings (SSSR count). The second kappa shape index (κ2) is 9.24. The molecule has 0 fully saturated rings. The van der Waals surface area contributed by atoms with Crippen molar-refractivity contribution >= 4 is 5.69 Å². The number of nitro groups is 1. The fourth-order valence-electron chi connectivity index (χ4n) is 3.15.